The van der Waals surface area contributed by atoms with Crippen LogP contribution in [0.2, 0.25) is 0 Å². The van der Waals surface area contributed by atoms with Gasteiger partial charge in [0.15, 0.2) is 0 Å². The van der Waals surface area contributed by atoms with Gasteiger partial charge in [0.2, 0.25) is 0 Å². The third-order valence-corrected chi connectivity index (χ3v) is 4.36. The topological polar surface area (TPSA) is 29.1 Å². The van der Waals surface area contributed by atoms with E-state index < -0.39 is 0 Å². The van der Waals surface area contributed by atoms with E-state index in [2.05, 4.69) is 42.0 Å². The first-order valence-corrected chi connectivity index (χ1v) is 7.71. The summed E-state index contributed by atoms with van der Waals surface area (Å²) < 4.78 is 0.997. The lowest BCUT2D eigenvalue weighted by Crippen LogP contribution is -2.42. The van der Waals surface area contributed by atoms with Crippen LogP contribution in [-0.4, -0.2) is 11.9 Å². The first-order valence-electron chi connectivity index (χ1n) is 6.92. The maximum Gasteiger partial charge on any atom is 0.251 e. The normalized spacial score (nSPS) is 25.9. The molecule has 19 heavy (non-hydrogen) atoms. The molecule has 1 N–H and O–H groups in total. The summed E-state index contributed by atoms with van der Waals surface area (Å²) in [6, 6.07) is 7.83. The molecule has 2 nitrogen and oxygen atoms in total. The van der Waals surface area contributed by atoms with Crippen molar-refractivity contribution in [3.05, 3.63) is 34.3 Å². The molecular weight excluding hydrogens is 302 g/mol. The molecule has 104 valence electrons. The van der Waals surface area contributed by atoms with Crippen molar-refractivity contribution in [3.8, 4) is 0 Å². The minimum absolute atomic E-state index is 0.0439. The van der Waals surface area contributed by atoms with Crippen LogP contribution < -0.4 is 5.32 Å². The molecule has 1 fully saturated rings. The zero-order valence-electron chi connectivity index (χ0n) is 11.9. The first kappa shape index (κ1) is 14.6. The van der Waals surface area contributed by atoms with E-state index >= 15 is 0 Å². The number of benzene rings is 1. The van der Waals surface area contributed by atoms with Crippen LogP contribution in [0.4, 0.5) is 0 Å². The van der Waals surface area contributed by atoms with Gasteiger partial charge in [-0.2, -0.15) is 0 Å². The van der Waals surface area contributed by atoms with Crippen molar-refractivity contribution >= 4 is 21.8 Å². The molecule has 1 aromatic carbocycles. The van der Waals surface area contributed by atoms with Gasteiger partial charge in [-0.15, -0.1) is 0 Å². The number of hydrogen-bond donors (Lipinski definition) is 1. The predicted octanol–water partition coefficient (Wildman–Crippen LogP) is 4.39. The highest BCUT2D eigenvalue weighted by Gasteiger charge is 2.32. The molecule has 0 aromatic heterocycles. The molecule has 1 aliphatic rings. The van der Waals surface area contributed by atoms with Crippen LogP contribution in [0, 0.1) is 11.3 Å². The number of nitrogens with one attached hydrogen (secondary N) is 1. The average Bonchev–Trinajstić information content (AvgIpc) is 2.26. The Hall–Kier alpha value is -0.830. The largest absolute Gasteiger partial charge is 0.349 e. The lowest BCUT2D eigenvalue weighted by molar-refractivity contribution is 0.0874. The third kappa shape index (κ3) is 4.07. The number of carbonyl (C=O) groups is 1. The summed E-state index contributed by atoms with van der Waals surface area (Å²) in [5.74, 6) is 0.723. The molecule has 0 aliphatic heterocycles. The minimum Gasteiger partial charge on any atom is -0.349 e. The fourth-order valence-electron chi connectivity index (χ4n) is 3.33. The highest BCUT2D eigenvalue weighted by molar-refractivity contribution is 9.10. The summed E-state index contributed by atoms with van der Waals surface area (Å²) in [4.78, 5) is 12.2. The molecule has 3 heteroatoms. The summed E-state index contributed by atoms with van der Waals surface area (Å²) in [5.41, 5.74) is 1.06. The van der Waals surface area contributed by atoms with Gasteiger partial charge in [0.05, 0.1) is 0 Å². The van der Waals surface area contributed by atoms with Crippen LogP contribution in [0.3, 0.4) is 0 Å². The van der Waals surface area contributed by atoms with Gasteiger partial charge in [-0.25, -0.2) is 0 Å². The highest BCUT2D eigenvalue weighted by Crippen LogP contribution is 2.38. The lowest BCUT2D eigenvalue weighted by Gasteiger charge is -2.39. The van der Waals surface area contributed by atoms with Crippen molar-refractivity contribution in [2.45, 2.75) is 46.1 Å². The van der Waals surface area contributed by atoms with E-state index in [1.165, 1.54) is 6.42 Å². The molecule has 2 rings (SSSR count). The first-order chi connectivity index (χ1) is 8.85. The van der Waals surface area contributed by atoms with Gasteiger partial charge < -0.3 is 5.32 Å². The molecule has 1 aromatic rings. The molecule has 1 saturated carbocycles. The maximum absolute atomic E-state index is 12.2. The second-order valence-corrected chi connectivity index (χ2v) is 7.51. The van der Waals surface area contributed by atoms with Gasteiger partial charge in [0, 0.05) is 16.1 Å². The zero-order valence-corrected chi connectivity index (χ0v) is 13.5. The van der Waals surface area contributed by atoms with Crippen molar-refractivity contribution in [2.75, 3.05) is 0 Å². The number of amides is 1. The van der Waals surface area contributed by atoms with Crippen LogP contribution in [0.5, 0.6) is 0 Å². The van der Waals surface area contributed by atoms with Gasteiger partial charge in [0.1, 0.15) is 0 Å². The van der Waals surface area contributed by atoms with Crippen LogP contribution in [0.1, 0.15) is 50.4 Å². The van der Waals surface area contributed by atoms with Crippen molar-refractivity contribution in [2.24, 2.45) is 11.3 Å². The Morgan fingerprint density at radius 3 is 2.47 bits per heavy atom. The smallest absolute Gasteiger partial charge is 0.251 e. The number of carbonyl (C=O) groups excluding carboxylic acids is 1. The molecular formula is C16H22BrNO. The molecule has 0 spiro atoms. The molecule has 0 heterocycles. The summed E-state index contributed by atoms with van der Waals surface area (Å²) in [5, 5.41) is 3.19. The van der Waals surface area contributed by atoms with E-state index in [0.29, 0.717) is 17.4 Å². The molecule has 0 unspecified atom stereocenters. The van der Waals surface area contributed by atoms with Gasteiger partial charge in [-0.05, 0) is 54.9 Å². The quantitative estimate of drug-likeness (QED) is 0.859. The van der Waals surface area contributed by atoms with Crippen LogP contribution >= 0.6 is 15.9 Å². The number of rotatable bonds is 2. The van der Waals surface area contributed by atoms with Crippen molar-refractivity contribution < 1.29 is 4.79 Å². The Morgan fingerprint density at radius 1 is 1.26 bits per heavy atom. The van der Waals surface area contributed by atoms with Gasteiger partial charge in [-0.1, -0.05) is 36.7 Å². The third-order valence-electron chi connectivity index (χ3n) is 3.83. The fraction of sp³-hybridized carbons (Fsp3) is 0.562. The minimum atomic E-state index is 0.0439. The van der Waals surface area contributed by atoms with E-state index in [1.807, 2.05) is 24.3 Å². The molecule has 2 atom stereocenters. The summed E-state index contributed by atoms with van der Waals surface area (Å²) in [7, 11) is 0. The Labute approximate surface area is 124 Å². The zero-order chi connectivity index (χ0) is 14.0. The van der Waals surface area contributed by atoms with Crippen LogP contribution in [-0.2, 0) is 0 Å². The standard InChI is InChI=1S/C16H22BrNO/c1-11-8-14(10-16(2,3)9-11)18-15(19)12-4-6-13(17)7-5-12/h4-7,11,14H,8-10H2,1-3H3,(H,18,19)/t11-,14+/m0/s1. The average molecular weight is 324 g/mol. The fourth-order valence-corrected chi connectivity index (χ4v) is 3.59. The Morgan fingerprint density at radius 2 is 1.89 bits per heavy atom. The monoisotopic (exact) mass is 323 g/mol. The Balaban J connectivity index is 2.00. The number of hydrogen-bond acceptors (Lipinski definition) is 1. The van der Waals surface area contributed by atoms with E-state index in [0.717, 1.165) is 22.9 Å². The highest BCUT2D eigenvalue weighted by atomic mass is 79.9. The summed E-state index contributed by atoms with van der Waals surface area (Å²) in [6.45, 7) is 6.86. The second kappa shape index (κ2) is 5.66. The second-order valence-electron chi connectivity index (χ2n) is 6.59. The van der Waals surface area contributed by atoms with E-state index in [9.17, 15) is 4.79 Å². The van der Waals surface area contributed by atoms with Crippen molar-refractivity contribution in [3.63, 3.8) is 0 Å². The Kier molecular flexibility index (Phi) is 4.34. The van der Waals surface area contributed by atoms with E-state index in [-0.39, 0.29) is 5.91 Å². The van der Waals surface area contributed by atoms with Gasteiger partial charge in [0.25, 0.3) is 5.91 Å². The molecule has 1 amide bonds. The maximum atomic E-state index is 12.2. The van der Waals surface area contributed by atoms with Crippen molar-refractivity contribution in [1.82, 2.24) is 5.32 Å². The lowest BCUT2D eigenvalue weighted by atomic mass is 9.70. The molecule has 1 aliphatic carbocycles. The summed E-state index contributed by atoms with van der Waals surface area (Å²) >= 11 is 3.38. The van der Waals surface area contributed by atoms with Crippen molar-refractivity contribution in [1.29, 1.82) is 0 Å². The Bertz CT molecular complexity index is 452. The molecule has 0 radical (unpaired) electrons. The van der Waals surface area contributed by atoms with E-state index in [4.69, 9.17) is 0 Å². The van der Waals surface area contributed by atoms with Crippen LogP contribution in [0.15, 0.2) is 28.7 Å². The van der Waals surface area contributed by atoms with Gasteiger partial charge >= 0.3 is 0 Å². The van der Waals surface area contributed by atoms with Gasteiger partial charge in [-0.3, -0.25) is 4.79 Å². The van der Waals surface area contributed by atoms with Crippen LogP contribution in [0.25, 0.3) is 0 Å². The van der Waals surface area contributed by atoms with E-state index in [1.54, 1.807) is 0 Å². The summed E-state index contributed by atoms with van der Waals surface area (Å²) in [6.07, 6.45) is 3.41. The SMILES string of the molecule is C[C@H]1C[C@@H](NC(=O)c2ccc(Br)cc2)CC(C)(C)C1. The molecule has 0 bridgehead atoms. The predicted molar refractivity (Wildman–Crippen MR) is 82.2 cm³/mol. The number of halogens is 1. The molecule has 0 saturated heterocycles.